The molecule has 1 atom stereocenters. The van der Waals surface area contributed by atoms with Crippen LogP contribution in [0, 0.1) is 5.92 Å². The van der Waals surface area contributed by atoms with Crippen molar-refractivity contribution in [3.8, 4) is 0 Å². The zero-order chi connectivity index (χ0) is 11.8. The van der Waals surface area contributed by atoms with Crippen LogP contribution < -0.4 is 16.6 Å². The monoisotopic (exact) mass is 216 g/mol. The van der Waals surface area contributed by atoms with Gasteiger partial charge in [-0.1, -0.05) is 6.92 Å². The molecule has 0 aliphatic carbocycles. The summed E-state index contributed by atoms with van der Waals surface area (Å²) in [5.41, 5.74) is 2.10. The van der Waals surface area contributed by atoms with E-state index < -0.39 is 0 Å². The molecule has 0 fully saturated rings. The maximum absolute atomic E-state index is 11.1. The fourth-order valence-electron chi connectivity index (χ4n) is 1.20. The van der Waals surface area contributed by atoms with E-state index in [1.807, 2.05) is 11.9 Å². The second-order valence-electron chi connectivity index (χ2n) is 3.60. The van der Waals surface area contributed by atoms with E-state index in [9.17, 15) is 9.59 Å². The van der Waals surface area contributed by atoms with E-state index >= 15 is 0 Å². The topological polar surface area (TPSA) is 87.5 Å². The first-order chi connectivity index (χ1) is 7.01. The molecule has 0 aromatic carbocycles. The Kier molecular flexibility index (Phi) is 6.64. The Morgan fingerprint density at radius 2 is 2.07 bits per heavy atom. The average Bonchev–Trinajstić information content (AvgIpc) is 2.24. The summed E-state index contributed by atoms with van der Waals surface area (Å²) in [5, 5.41) is 2.54. The molecule has 0 spiro atoms. The third kappa shape index (κ3) is 6.03. The summed E-state index contributed by atoms with van der Waals surface area (Å²) in [6.07, 6.45) is 0.434. The van der Waals surface area contributed by atoms with Crippen LogP contribution in [-0.2, 0) is 9.59 Å². The Morgan fingerprint density at radius 3 is 2.53 bits per heavy atom. The Hall–Kier alpha value is -1.14. The molecule has 0 heterocycles. The normalized spacial score (nSPS) is 12.3. The number of hydrazine groups is 1. The summed E-state index contributed by atoms with van der Waals surface area (Å²) < 4.78 is 0. The summed E-state index contributed by atoms with van der Waals surface area (Å²) >= 11 is 0. The first-order valence-electron chi connectivity index (χ1n) is 4.90. The van der Waals surface area contributed by atoms with Crippen molar-refractivity contribution >= 4 is 11.8 Å². The minimum absolute atomic E-state index is 0.00206. The molecular formula is C9H20N4O2. The molecule has 0 rings (SSSR count). The summed E-state index contributed by atoms with van der Waals surface area (Å²) in [6.45, 7) is 3.00. The molecule has 0 saturated carbocycles. The van der Waals surface area contributed by atoms with Gasteiger partial charge in [0, 0.05) is 32.5 Å². The van der Waals surface area contributed by atoms with Gasteiger partial charge in [0.25, 0.3) is 0 Å². The van der Waals surface area contributed by atoms with Crippen molar-refractivity contribution in [2.24, 2.45) is 11.8 Å². The van der Waals surface area contributed by atoms with Crippen molar-refractivity contribution in [3.05, 3.63) is 0 Å². The first-order valence-corrected chi connectivity index (χ1v) is 4.90. The van der Waals surface area contributed by atoms with E-state index in [0.717, 1.165) is 0 Å². The van der Waals surface area contributed by atoms with Gasteiger partial charge in [-0.05, 0) is 7.05 Å². The lowest BCUT2D eigenvalue weighted by atomic mass is 10.1. The molecule has 0 aromatic rings. The molecule has 1 unspecified atom stereocenters. The second kappa shape index (κ2) is 7.19. The van der Waals surface area contributed by atoms with Crippen LogP contribution >= 0.6 is 0 Å². The summed E-state index contributed by atoms with van der Waals surface area (Å²) in [7, 11) is 3.47. The fourth-order valence-corrected chi connectivity index (χ4v) is 1.20. The van der Waals surface area contributed by atoms with Gasteiger partial charge in [0.2, 0.25) is 11.8 Å². The van der Waals surface area contributed by atoms with Gasteiger partial charge in [0.05, 0.1) is 0 Å². The highest BCUT2D eigenvalue weighted by Gasteiger charge is 2.14. The molecule has 0 saturated heterocycles. The van der Waals surface area contributed by atoms with E-state index in [0.29, 0.717) is 19.5 Å². The molecule has 0 radical (unpaired) electrons. The van der Waals surface area contributed by atoms with Crippen molar-refractivity contribution in [3.63, 3.8) is 0 Å². The number of hydrogen-bond donors (Lipinski definition) is 3. The minimum Gasteiger partial charge on any atom is -0.359 e. The Balaban J connectivity index is 3.78. The molecule has 0 aliphatic rings. The number of carbonyl (C=O) groups is 2. The van der Waals surface area contributed by atoms with Crippen LogP contribution in [0.3, 0.4) is 0 Å². The van der Waals surface area contributed by atoms with Crippen LogP contribution in [0.25, 0.3) is 0 Å². The van der Waals surface area contributed by atoms with Gasteiger partial charge >= 0.3 is 0 Å². The first kappa shape index (κ1) is 13.9. The van der Waals surface area contributed by atoms with Crippen LogP contribution in [0.4, 0.5) is 0 Å². The molecule has 4 N–H and O–H groups in total. The standard InChI is InChI=1S/C9H20N4O2/c1-7(9(15)12-10)6-13(3)5-4-8(14)11-2/h7H,4-6,10H2,1-3H3,(H,11,14)(H,12,15). The molecule has 0 aliphatic heterocycles. The van der Waals surface area contributed by atoms with Crippen molar-refractivity contribution in [2.45, 2.75) is 13.3 Å². The van der Waals surface area contributed by atoms with Crippen LogP contribution in [0.15, 0.2) is 0 Å². The smallest absolute Gasteiger partial charge is 0.237 e. The van der Waals surface area contributed by atoms with Gasteiger partial charge in [0.1, 0.15) is 0 Å². The van der Waals surface area contributed by atoms with Gasteiger partial charge in [-0.3, -0.25) is 15.0 Å². The number of rotatable bonds is 6. The predicted octanol–water partition coefficient (Wildman–Crippen LogP) is -1.32. The molecule has 88 valence electrons. The quantitative estimate of drug-likeness (QED) is 0.292. The number of nitrogens with two attached hydrogens (primary N) is 1. The molecular weight excluding hydrogens is 196 g/mol. The van der Waals surface area contributed by atoms with Gasteiger partial charge < -0.3 is 10.2 Å². The predicted molar refractivity (Wildman–Crippen MR) is 57.7 cm³/mol. The van der Waals surface area contributed by atoms with E-state index in [1.165, 1.54) is 0 Å². The maximum Gasteiger partial charge on any atom is 0.237 e. The maximum atomic E-state index is 11.1. The Bertz CT molecular complexity index is 220. The van der Waals surface area contributed by atoms with Gasteiger partial charge in [-0.25, -0.2) is 5.84 Å². The Labute approximate surface area is 90.2 Å². The highest BCUT2D eigenvalue weighted by atomic mass is 16.2. The van der Waals surface area contributed by atoms with Crippen LogP contribution in [0.2, 0.25) is 0 Å². The fraction of sp³-hybridized carbons (Fsp3) is 0.778. The van der Waals surface area contributed by atoms with Crippen molar-refractivity contribution < 1.29 is 9.59 Å². The molecule has 2 amide bonds. The highest BCUT2D eigenvalue weighted by Crippen LogP contribution is 1.98. The Morgan fingerprint density at radius 1 is 1.47 bits per heavy atom. The lowest BCUT2D eigenvalue weighted by molar-refractivity contribution is -0.125. The van der Waals surface area contributed by atoms with Crippen LogP contribution in [0.5, 0.6) is 0 Å². The summed E-state index contributed by atoms with van der Waals surface area (Å²) in [4.78, 5) is 24.0. The molecule has 0 aromatic heterocycles. The molecule has 0 bridgehead atoms. The van der Waals surface area contributed by atoms with Crippen molar-refractivity contribution in [1.82, 2.24) is 15.6 Å². The van der Waals surface area contributed by atoms with Gasteiger partial charge in [-0.2, -0.15) is 0 Å². The summed E-state index contributed by atoms with van der Waals surface area (Å²) in [5.74, 6) is 4.64. The molecule has 15 heavy (non-hydrogen) atoms. The lowest BCUT2D eigenvalue weighted by Crippen LogP contribution is -2.40. The number of carbonyl (C=O) groups excluding carboxylic acids is 2. The number of hydrogen-bond acceptors (Lipinski definition) is 4. The van der Waals surface area contributed by atoms with Crippen molar-refractivity contribution in [1.29, 1.82) is 0 Å². The van der Waals surface area contributed by atoms with Crippen LogP contribution in [-0.4, -0.2) is 43.9 Å². The SMILES string of the molecule is CNC(=O)CCN(C)CC(C)C(=O)NN. The molecule has 6 nitrogen and oxygen atoms in total. The number of nitrogens with one attached hydrogen (secondary N) is 2. The van der Waals surface area contributed by atoms with E-state index in [2.05, 4.69) is 10.7 Å². The average molecular weight is 216 g/mol. The van der Waals surface area contributed by atoms with E-state index in [-0.39, 0.29) is 17.7 Å². The zero-order valence-corrected chi connectivity index (χ0v) is 9.54. The minimum atomic E-state index is -0.193. The molecule has 6 heteroatoms. The van der Waals surface area contributed by atoms with Crippen LogP contribution in [0.1, 0.15) is 13.3 Å². The second-order valence-corrected chi connectivity index (χ2v) is 3.60. The number of amides is 2. The van der Waals surface area contributed by atoms with Crippen molar-refractivity contribution in [2.75, 3.05) is 27.2 Å². The largest absolute Gasteiger partial charge is 0.359 e. The lowest BCUT2D eigenvalue weighted by Gasteiger charge is -2.19. The number of nitrogens with zero attached hydrogens (tertiary/aromatic N) is 1. The summed E-state index contributed by atoms with van der Waals surface area (Å²) in [6, 6.07) is 0. The van der Waals surface area contributed by atoms with Gasteiger partial charge in [-0.15, -0.1) is 0 Å². The van der Waals surface area contributed by atoms with E-state index in [1.54, 1.807) is 14.0 Å². The van der Waals surface area contributed by atoms with Gasteiger partial charge in [0.15, 0.2) is 0 Å². The van der Waals surface area contributed by atoms with E-state index in [4.69, 9.17) is 5.84 Å². The third-order valence-corrected chi connectivity index (χ3v) is 2.17. The highest BCUT2D eigenvalue weighted by molar-refractivity contribution is 5.77. The zero-order valence-electron chi connectivity index (χ0n) is 9.54. The third-order valence-electron chi connectivity index (χ3n) is 2.17.